The van der Waals surface area contributed by atoms with Crippen LogP contribution in [0.2, 0.25) is 0 Å². The monoisotopic (exact) mass is 1340 g/mol. The first-order valence-electron chi connectivity index (χ1n) is 39.1. The van der Waals surface area contributed by atoms with Crippen LogP contribution in [0.3, 0.4) is 0 Å². The largest absolute Gasteiger partial charge is 0.390 e. The van der Waals surface area contributed by atoms with Crippen molar-refractivity contribution in [2.75, 3.05) is 0 Å². The minimum atomic E-state index is -0.452. The van der Waals surface area contributed by atoms with Crippen LogP contribution in [0.4, 0.5) is 0 Å². The molecule has 15 aliphatic rings. The molecule has 3 aromatic heterocycles. The number of ketones is 3. The zero-order valence-corrected chi connectivity index (χ0v) is 58.5. The van der Waals surface area contributed by atoms with Gasteiger partial charge in [-0.2, -0.15) is 19.8 Å². The summed E-state index contributed by atoms with van der Waals surface area (Å²) in [6.07, 6.45) is 43.3. The van der Waals surface area contributed by atoms with E-state index in [-0.39, 0.29) is 62.8 Å². The summed E-state index contributed by atoms with van der Waals surface area (Å²) in [4.78, 5) is 43.7. The third-order valence-electron chi connectivity index (χ3n) is 32.1. The van der Waals surface area contributed by atoms with E-state index in [0.29, 0.717) is 48.1 Å². The Morgan fingerprint density at radius 3 is 1.07 bits per heavy atom. The fourth-order valence-electron chi connectivity index (χ4n) is 28.1. The van der Waals surface area contributed by atoms with E-state index in [1.165, 1.54) is 140 Å². The molecule has 18 rings (SSSR count). The fourth-order valence-corrected chi connectivity index (χ4v) is 28.1. The van der Waals surface area contributed by atoms with Crippen molar-refractivity contribution in [1.82, 2.24) is 50.2 Å². The van der Waals surface area contributed by atoms with Crippen molar-refractivity contribution >= 4 is 17.3 Å². The number of nitrogens with zero attached hydrogens (tertiary/aromatic N) is 10. The lowest BCUT2D eigenvalue weighted by Crippen LogP contribution is -2.52. The molecule has 3 aromatic rings. The first kappa shape index (κ1) is 71.6. The molecule has 15 saturated carbocycles. The first-order chi connectivity index (χ1) is 45.0. The van der Waals surface area contributed by atoms with E-state index in [1.807, 2.05) is 13.1 Å². The van der Waals surface area contributed by atoms with Crippen molar-refractivity contribution in [3.8, 4) is 0 Å². The summed E-state index contributed by atoms with van der Waals surface area (Å²) in [6, 6.07) is 0. The first-order valence-corrected chi connectivity index (χ1v) is 39.1. The standard InChI is InChI=1S/C26H40N4O2.2C26H39N3O2.3CH4/c1-15-27-29-30(28-15)14-23(31)22-12-21(16-4-5-16)24-20-7-6-17-13-25(2,32)10-8-18(17)19(20)9-11-26(22,24)3;1-25(31)9-7-18-17(14-25)5-6-20-19(18)8-10-26(2)22(13-21(24(20)26)16-3-4-16)23(30)15-29-12-11-27-28-29;1-25(31)9-7-18-17(14-25)5-6-20-19(18)8-10-26(2)22(13-21(24(20)26)16-3-4-16)23(30)15-29-27-11-12-28-29;;;/h16-22,24,32H,4-14H2,1-3H3;2*11-12,16-22,24,31H,3-10,13-15H2,1-2H3;3*1H4/t3*17-,18+,19-,20-,21+,22-,24-,25-,26-;;;/m111.../s1. The van der Waals surface area contributed by atoms with Crippen molar-refractivity contribution in [1.29, 1.82) is 0 Å². The number of Topliss-reactive ketones (excluding diaryl/α,β-unsaturated/α-hetero) is 3. The lowest BCUT2D eigenvalue weighted by Gasteiger charge is -2.57. The third kappa shape index (κ3) is 13.2. The van der Waals surface area contributed by atoms with Crippen molar-refractivity contribution in [3.05, 3.63) is 30.6 Å². The highest BCUT2D eigenvalue weighted by atomic mass is 16.3. The molecule has 0 bridgehead atoms. The van der Waals surface area contributed by atoms with E-state index < -0.39 is 16.8 Å². The van der Waals surface area contributed by atoms with Gasteiger partial charge in [-0.15, -0.1) is 15.3 Å². The molecule has 27 atom stereocenters. The summed E-state index contributed by atoms with van der Waals surface area (Å²) in [7, 11) is 0. The van der Waals surface area contributed by atoms with Gasteiger partial charge in [-0.1, -0.05) is 48.3 Å². The number of carbonyl (C=O) groups excluding carboxylic acids is 3. The molecule has 0 saturated heterocycles. The highest BCUT2D eigenvalue weighted by Crippen LogP contribution is 2.73. The second-order valence-electron chi connectivity index (χ2n) is 37.7. The molecule has 3 N–H and O–H groups in total. The van der Waals surface area contributed by atoms with Crippen LogP contribution in [0.25, 0.3) is 0 Å². The van der Waals surface area contributed by atoms with Gasteiger partial charge in [-0.05, 0) is 366 Å². The highest BCUT2D eigenvalue weighted by Gasteiger charge is 2.68. The average Bonchev–Trinajstić information content (AvgIpc) is 1.59. The fraction of sp³-hybridized carbons (Fsp3) is 0.901. The number of rotatable bonds is 12. The Morgan fingerprint density at radius 1 is 0.402 bits per heavy atom. The Morgan fingerprint density at radius 2 is 0.742 bits per heavy atom. The average molecular weight is 1340 g/mol. The van der Waals surface area contributed by atoms with E-state index in [1.54, 1.807) is 28.1 Å². The van der Waals surface area contributed by atoms with E-state index >= 15 is 0 Å². The summed E-state index contributed by atoms with van der Waals surface area (Å²) < 4.78 is 1.72. The maximum absolute atomic E-state index is 13.6. The highest BCUT2D eigenvalue weighted by molar-refractivity contribution is 5.83. The zero-order valence-electron chi connectivity index (χ0n) is 58.5. The number of aryl methyl sites for hydroxylation is 1. The third-order valence-corrected chi connectivity index (χ3v) is 32.1. The Hall–Kier alpha value is -3.76. The number of tetrazole rings is 1. The summed E-state index contributed by atoms with van der Waals surface area (Å²) in [5.41, 5.74) is -0.885. The molecule has 0 aliphatic heterocycles. The topological polar surface area (TPSA) is 217 Å². The number of aliphatic hydroxyl groups is 3. The maximum Gasteiger partial charge on any atom is 0.171 e. The van der Waals surface area contributed by atoms with Crippen LogP contribution in [-0.2, 0) is 34.0 Å². The summed E-state index contributed by atoms with van der Waals surface area (Å²) in [6.45, 7) is 16.4. The van der Waals surface area contributed by atoms with Crippen LogP contribution < -0.4 is 0 Å². The maximum atomic E-state index is 13.6. The smallest absolute Gasteiger partial charge is 0.171 e. The quantitative estimate of drug-likeness (QED) is 0.154. The molecular formula is C81H130N10O6. The number of fused-ring (bicyclic) bond motifs is 15. The molecule has 0 aromatic carbocycles. The summed E-state index contributed by atoms with van der Waals surface area (Å²) >= 11 is 0. The van der Waals surface area contributed by atoms with Gasteiger partial charge in [0.15, 0.2) is 23.2 Å². The second-order valence-corrected chi connectivity index (χ2v) is 37.7. The number of hydrogen-bond acceptors (Lipinski definition) is 13. The molecule has 15 aliphatic carbocycles. The molecule has 540 valence electrons. The molecule has 0 spiro atoms. The van der Waals surface area contributed by atoms with Crippen molar-refractivity contribution < 1.29 is 29.7 Å². The molecule has 0 radical (unpaired) electrons. The van der Waals surface area contributed by atoms with E-state index in [4.69, 9.17) is 0 Å². The SMILES string of the molecule is C.C.C.C[C@@]1(O)CC[C@H]2[C@H](CC[C@@H]3[C@@H]2CC[C@@]2(C)[C@H]3[C@H](C3CC3)C[C@@H]2C(=O)Cn2ccnn2)C1.C[C@@]1(O)CC[C@H]2[C@H](CC[C@@H]3[C@@H]2CC[C@@]2(C)[C@H]3[C@H](C3CC3)C[C@@H]2C(=O)Cn2nccn2)C1.Cc1nnn(CC(=O)[C@H]2C[C@@H](C3CC3)[C@H]3[C@@H]4CC[C@@H]5C[C@](C)(O)CC[C@@H]5[C@H]4CC[C@@]32C)n1. The predicted octanol–water partition coefficient (Wildman–Crippen LogP) is 15.1. The Bertz CT molecular complexity index is 3080. The van der Waals surface area contributed by atoms with Gasteiger partial charge < -0.3 is 15.3 Å². The van der Waals surface area contributed by atoms with Crippen LogP contribution in [-0.4, -0.2) is 99.7 Å². The van der Waals surface area contributed by atoms with Crippen LogP contribution in [0.1, 0.15) is 262 Å². The molecule has 0 amide bonds. The molecule has 97 heavy (non-hydrogen) atoms. The van der Waals surface area contributed by atoms with E-state index in [9.17, 15) is 29.7 Å². The van der Waals surface area contributed by atoms with Gasteiger partial charge in [-0.25, -0.2) is 4.68 Å². The molecule has 16 nitrogen and oxygen atoms in total. The summed E-state index contributed by atoms with van der Waals surface area (Å²) in [5.74, 6) is 18.7. The van der Waals surface area contributed by atoms with Crippen LogP contribution in [0.15, 0.2) is 24.8 Å². The lowest BCUT2D eigenvalue weighted by atomic mass is 9.48. The van der Waals surface area contributed by atoms with Crippen molar-refractivity contribution in [3.63, 3.8) is 0 Å². The van der Waals surface area contributed by atoms with Gasteiger partial charge in [0, 0.05) is 24.0 Å². The van der Waals surface area contributed by atoms with Gasteiger partial charge >= 0.3 is 0 Å². The normalized spacial score (nSPS) is 47.3. The number of aromatic nitrogens is 10. The second kappa shape index (κ2) is 26.8. The molecule has 16 heteroatoms. The van der Waals surface area contributed by atoms with Gasteiger partial charge in [0.25, 0.3) is 0 Å². The van der Waals surface area contributed by atoms with E-state index in [0.717, 1.165) is 170 Å². The molecule has 15 fully saturated rings. The molecular weight excluding hydrogens is 1210 g/mol. The Kier molecular flexibility index (Phi) is 19.8. The minimum Gasteiger partial charge on any atom is -0.390 e. The number of hydrogen-bond donors (Lipinski definition) is 3. The van der Waals surface area contributed by atoms with Crippen LogP contribution in [0.5, 0.6) is 0 Å². The van der Waals surface area contributed by atoms with Gasteiger partial charge in [-0.3, -0.25) is 14.4 Å². The van der Waals surface area contributed by atoms with Crippen molar-refractivity contribution in [2.24, 2.45) is 158 Å². The van der Waals surface area contributed by atoms with Crippen LogP contribution >= 0.6 is 0 Å². The van der Waals surface area contributed by atoms with Gasteiger partial charge in [0.2, 0.25) is 0 Å². The van der Waals surface area contributed by atoms with Gasteiger partial charge in [0.1, 0.15) is 19.6 Å². The van der Waals surface area contributed by atoms with Gasteiger partial charge in [0.05, 0.1) is 35.4 Å². The zero-order chi connectivity index (χ0) is 65.0. The Labute approximate surface area is 583 Å². The van der Waals surface area contributed by atoms with Crippen molar-refractivity contribution in [2.45, 2.75) is 300 Å². The number of carbonyl (C=O) groups is 3. The van der Waals surface area contributed by atoms with Crippen LogP contribution in [0, 0.1) is 165 Å². The molecule has 3 heterocycles. The predicted molar refractivity (Wildman–Crippen MR) is 376 cm³/mol. The minimum absolute atomic E-state index is 0. The lowest BCUT2D eigenvalue weighted by molar-refractivity contribution is -0.134. The molecule has 0 unspecified atom stereocenters. The Balaban J connectivity index is 0.000000129. The summed E-state index contributed by atoms with van der Waals surface area (Å²) in [5, 5.41) is 60.8. The van der Waals surface area contributed by atoms with E-state index in [2.05, 4.69) is 77.5 Å².